The smallest absolute Gasteiger partial charge is 0.221 e. The number of rotatable bonds is 7. The molecule has 4 heteroatoms. The fraction of sp³-hybridized carbons (Fsp3) is 0.909. The Labute approximate surface area is 92.4 Å². The van der Waals surface area contributed by atoms with Gasteiger partial charge in [0.25, 0.3) is 0 Å². The minimum absolute atomic E-state index is 0.0666. The highest BCUT2D eigenvalue weighted by Gasteiger charge is 2.08. The third-order valence-electron chi connectivity index (χ3n) is 1.91. The van der Waals surface area contributed by atoms with Crippen molar-refractivity contribution in [1.29, 1.82) is 0 Å². The SMILES string of the molecule is CC(C)(C)NCCC(=O)NCCCCO. The van der Waals surface area contributed by atoms with Crippen LogP contribution in [-0.2, 0) is 4.79 Å². The van der Waals surface area contributed by atoms with E-state index in [1.54, 1.807) is 0 Å². The lowest BCUT2D eigenvalue weighted by Gasteiger charge is -2.20. The first-order chi connectivity index (χ1) is 6.95. The summed E-state index contributed by atoms with van der Waals surface area (Å²) in [7, 11) is 0. The van der Waals surface area contributed by atoms with E-state index in [4.69, 9.17) is 5.11 Å². The second kappa shape index (κ2) is 7.65. The number of hydrogen-bond acceptors (Lipinski definition) is 3. The molecule has 0 rings (SSSR count). The first kappa shape index (κ1) is 14.4. The molecule has 90 valence electrons. The van der Waals surface area contributed by atoms with Crippen molar-refractivity contribution >= 4 is 5.91 Å². The maximum atomic E-state index is 11.3. The first-order valence-corrected chi connectivity index (χ1v) is 5.58. The summed E-state index contributed by atoms with van der Waals surface area (Å²) in [6.07, 6.45) is 2.10. The van der Waals surface area contributed by atoms with Gasteiger partial charge in [0.1, 0.15) is 0 Å². The predicted molar refractivity (Wildman–Crippen MR) is 61.7 cm³/mol. The number of nitrogens with one attached hydrogen (secondary N) is 2. The molecule has 3 N–H and O–H groups in total. The van der Waals surface area contributed by atoms with Crippen molar-refractivity contribution in [2.24, 2.45) is 0 Å². The van der Waals surface area contributed by atoms with E-state index in [0.717, 1.165) is 12.8 Å². The van der Waals surface area contributed by atoms with E-state index < -0.39 is 0 Å². The molecule has 0 atom stereocenters. The Kier molecular flexibility index (Phi) is 7.34. The summed E-state index contributed by atoms with van der Waals surface area (Å²) >= 11 is 0. The quantitative estimate of drug-likeness (QED) is 0.548. The lowest BCUT2D eigenvalue weighted by Crippen LogP contribution is -2.38. The average molecular weight is 216 g/mol. The molecule has 0 radical (unpaired) electrons. The molecule has 0 heterocycles. The van der Waals surface area contributed by atoms with Gasteiger partial charge >= 0.3 is 0 Å². The highest BCUT2D eigenvalue weighted by molar-refractivity contribution is 5.75. The lowest BCUT2D eigenvalue weighted by molar-refractivity contribution is -0.121. The molecule has 15 heavy (non-hydrogen) atoms. The van der Waals surface area contributed by atoms with Crippen LogP contribution in [0.2, 0.25) is 0 Å². The zero-order valence-electron chi connectivity index (χ0n) is 10.1. The van der Waals surface area contributed by atoms with E-state index in [9.17, 15) is 4.79 Å². The molecule has 0 bridgehead atoms. The van der Waals surface area contributed by atoms with E-state index >= 15 is 0 Å². The number of carbonyl (C=O) groups is 1. The van der Waals surface area contributed by atoms with Gasteiger partial charge < -0.3 is 15.7 Å². The number of unbranched alkanes of at least 4 members (excludes halogenated alkanes) is 1. The Bertz CT molecular complexity index is 176. The third-order valence-corrected chi connectivity index (χ3v) is 1.91. The second-order valence-corrected chi connectivity index (χ2v) is 4.71. The standard InChI is InChI=1S/C11H24N2O2/c1-11(2,3)13-8-6-10(15)12-7-4-5-9-14/h13-14H,4-9H2,1-3H3,(H,12,15). The summed E-state index contributed by atoms with van der Waals surface area (Å²) in [6, 6.07) is 0. The fourth-order valence-electron chi connectivity index (χ4n) is 1.10. The Morgan fingerprint density at radius 1 is 1.20 bits per heavy atom. The van der Waals surface area contributed by atoms with Gasteiger partial charge in [-0.05, 0) is 33.6 Å². The van der Waals surface area contributed by atoms with Crippen LogP contribution in [0, 0.1) is 0 Å². The van der Waals surface area contributed by atoms with Crippen LogP contribution in [0.3, 0.4) is 0 Å². The number of aliphatic hydroxyl groups is 1. The zero-order chi connectivity index (χ0) is 11.7. The van der Waals surface area contributed by atoms with E-state index in [0.29, 0.717) is 19.5 Å². The molecule has 1 amide bonds. The van der Waals surface area contributed by atoms with Crippen molar-refractivity contribution in [1.82, 2.24) is 10.6 Å². The summed E-state index contributed by atoms with van der Waals surface area (Å²) < 4.78 is 0. The maximum absolute atomic E-state index is 11.3. The summed E-state index contributed by atoms with van der Waals surface area (Å²) in [5.74, 6) is 0.0738. The van der Waals surface area contributed by atoms with Gasteiger partial charge in [0.2, 0.25) is 5.91 Å². The van der Waals surface area contributed by atoms with Crippen LogP contribution in [0.15, 0.2) is 0 Å². The molecule has 0 fully saturated rings. The van der Waals surface area contributed by atoms with Crippen molar-refractivity contribution in [3.63, 3.8) is 0 Å². The molecular weight excluding hydrogens is 192 g/mol. The van der Waals surface area contributed by atoms with Crippen LogP contribution in [-0.4, -0.2) is 36.2 Å². The van der Waals surface area contributed by atoms with Gasteiger partial charge in [-0.3, -0.25) is 4.79 Å². The number of aliphatic hydroxyl groups excluding tert-OH is 1. The van der Waals surface area contributed by atoms with Crippen molar-refractivity contribution in [2.75, 3.05) is 19.7 Å². The lowest BCUT2D eigenvalue weighted by atomic mass is 10.1. The maximum Gasteiger partial charge on any atom is 0.221 e. The Balaban J connectivity index is 3.34. The highest BCUT2D eigenvalue weighted by Crippen LogP contribution is 1.97. The normalized spacial score (nSPS) is 11.5. The van der Waals surface area contributed by atoms with Gasteiger partial charge in [0.15, 0.2) is 0 Å². The molecule has 0 aliphatic carbocycles. The van der Waals surface area contributed by atoms with Gasteiger partial charge in [-0.1, -0.05) is 0 Å². The van der Waals surface area contributed by atoms with Crippen molar-refractivity contribution < 1.29 is 9.90 Å². The molecule has 0 aliphatic heterocycles. The van der Waals surface area contributed by atoms with Crippen LogP contribution in [0.4, 0.5) is 0 Å². The molecular formula is C11H24N2O2. The molecule has 0 saturated carbocycles. The van der Waals surface area contributed by atoms with E-state index in [1.807, 2.05) is 0 Å². The monoisotopic (exact) mass is 216 g/mol. The topological polar surface area (TPSA) is 61.4 Å². The predicted octanol–water partition coefficient (Wildman–Crippen LogP) is 0.653. The molecule has 0 aromatic heterocycles. The molecule has 0 aromatic rings. The molecule has 0 unspecified atom stereocenters. The van der Waals surface area contributed by atoms with Crippen LogP contribution in [0.5, 0.6) is 0 Å². The van der Waals surface area contributed by atoms with Crippen LogP contribution in [0.25, 0.3) is 0 Å². The fourth-order valence-corrected chi connectivity index (χ4v) is 1.10. The first-order valence-electron chi connectivity index (χ1n) is 5.58. The van der Waals surface area contributed by atoms with Crippen molar-refractivity contribution in [3.8, 4) is 0 Å². The van der Waals surface area contributed by atoms with E-state index in [-0.39, 0.29) is 18.1 Å². The Morgan fingerprint density at radius 2 is 1.87 bits per heavy atom. The van der Waals surface area contributed by atoms with Crippen molar-refractivity contribution in [2.45, 2.75) is 45.6 Å². The largest absolute Gasteiger partial charge is 0.396 e. The van der Waals surface area contributed by atoms with Crippen LogP contribution < -0.4 is 10.6 Å². The van der Waals surface area contributed by atoms with Gasteiger partial charge in [-0.15, -0.1) is 0 Å². The summed E-state index contributed by atoms with van der Waals surface area (Å²) in [5, 5.41) is 14.6. The Hall–Kier alpha value is -0.610. The Morgan fingerprint density at radius 3 is 2.40 bits per heavy atom. The molecule has 0 aliphatic rings. The van der Waals surface area contributed by atoms with Crippen LogP contribution in [0.1, 0.15) is 40.0 Å². The summed E-state index contributed by atoms with van der Waals surface area (Å²) in [4.78, 5) is 11.3. The minimum Gasteiger partial charge on any atom is -0.396 e. The number of amides is 1. The molecule has 4 nitrogen and oxygen atoms in total. The van der Waals surface area contributed by atoms with Gasteiger partial charge in [-0.25, -0.2) is 0 Å². The molecule has 0 saturated heterocycles. The van der Waals surface area contributed by atoms with Crippen molar-refractivity contribution in [3.05, 3.63) is 0 Å². The highest BCUT2D eigenvalue weighted by atomic mass is 16.2. The minimum atomic E-state index is 0.0666. The third kappa shape index (κ3) is 11.3. The average Bonchev–Trinajstić information content (AvgIpc) is 2.10. The van der Waals surface area contributed by atoms with Gasteiger partial charge in [0.05, 0.1) is 0 Å². The number of carbonyl (C=O) groups excluding carboxylic acids is 1. The zero-order valence-corrected chi connectivity index (χ0v) is 10.1. The second-order valence-electron chi connectivity index (χ2n) is 4.71. The van der Waals surface area contributed by atoms with E-state index in [1.165, 1.54) is 0 Å². The molecule has 0 spiro atoms. The molecule has 0 aromatic carbocycles. The summed E-state index contributed by atoms with van der Waals surface area (Å²) in [5.41, 5.74) is 0.0666. The van der Waals surface area contributed by atoms with Gasteiger partial charge in [0, 0.05) is 31.7 Å². The summed E-state index contributed by atoms with van der Waals surface area (Å²) in [6.45, 7) is 7.79. The number of hydrogen-bond donors (Lipinski definition) is 3. The van der Waals surface area contributed by atoms with E-state index in [2.05, 4.69) is 31.4 Å². The van der Waals surface area contributed by atoms with Crippen LogP contribution >= 0.6 is 0 Å². The van der Waals surface area contributed by atoms with Gasteiger partial charge in [-0.2, -0.15) is 0 Å².